The molecule has 1 N–H and O–H groups in total. The normalized spacial score (nSPS) is 12.5. The van der Waals surface area contributed by atoms with Gasteiger partial charge in [0.15, 0.2) is 11.5 Å². The molecule has 0 aromatic heterocycles. The molecule has 0 fully saturated rings. The van der Waals surface area contributed by atoms with Crippen LogP contribution in [0.25, 0.3) is 11.1 Å². The summed E-state index contributed by atoms with van der Waals surface area (Å²) in [4.78, 5) is 26.7. The molecule has 1 aliphatic carbocycles. The van der Waals surface area contributed by atoms with E-state index in [1.54, 1.807) is 18.2 Å². The van der Waals surface area contributed by atoms with Crippen LogP contribution >= 0.6 is 0 Å². The van der Waals surface area contributed by atoms with Crippen LogP contribution in [0.15, 0.2) is 66.7 Å². The minimum absolute atomic E-state index is 0.0314. The molecule has 3 aromatic carbocycles. The summed E-state index contributed by atoms with van der Waals surface area (Å²) < 4.78 is 16.6. The number of nitrogens with zero attached hydrogens (tertiary/aromatic N) is 1. The van der Waals surface area contributed by atoms with Crippen LogP contribution in [0.2, 0.25) is 0 Å². The Bertz CT molecular complexity index is 1210. The van der Waals surface area contributed by atoms with E-state index in [-0.39, 0.29) is 19.1 Å². The first-order chi connectivity index (χ1) is 16.8. The lowest BCUT2D eigenvalue weighted by Gasteiger charge is -2.35. The maximum absolute atomic E-state index is 13.4. The van der Waals surface area contributed by atoms with Crippen molar-refractivity contribution in [2.45, 2.75) is 31.8 Å². The van der Waals surface area contributed by atoms with Gasteiger partial charge in [-0.05, 0) is 42.2 Å². The molecule has 0 spiro atoms. The molecule has 182 valence electrons. The van der Waals surface area contributed by atoms with Crippen molar-refractivity contribution in [2.24, 2.45) is 0 Å². The first-order valence-electron chi connectivity index (χ1n) is 11.4. The molecular weight excluding hydrogens is 446 g/mol. The summed E-state index contributed by atoms with van der Waals surface area (Å²) >= 11 is 0. The van der Waals surface area contributed by atoms with Crippen molar-refractivity contribution in [3.05, 3.63) is 83.4 Å². The highest BCUT2D eigenvalue weighted by Gasteiger charge is 2.40. The third-order valence-electron chi connectivity index (χ3n) is 6.57. The van der Waals surface area contributed by atoms with Crippen LogP contribution < -0.4 is 9.47 Å². The lowest BCUT2D eigenvalue weighted by molar-refractivity contribution is -0.148. The van der Waals surface area contributed by atoms with E-state index in [1.807, 2.05) is 36.4 Å². The fraction of sp³-hybridized carbons (Fsp3) is 0.286. The Labute approximate surface area is 204 Å². The second-order valence-corrected chi connectivity index (χ2v) is 8.91. The summed E-state index contributed by atoms with van der Waals surface area (Å²) in [6.07, 6.45) is -0.718. The highest BCUT2D eigenvalue weighted by atomic mass is 16.6. The fourth-order valence-electron chi connectivity index (χ4n) is 4.53. The summed E-state index contributed by atoms with van der Waals surface area (Å²) in [5.41, 5.74) is 3.48. The number of hydrogen-bond donors (Lipinski definition) is 1. The van der Waals surface area contributed by atoms with Crippen molar-refractivity contribution in [1.29, 1.82) is 0 Å². The lowest BCUT2D eigenvalue weighted by atomic mass is 9.98. The molecule has 0 heterocycles. The van der Waals surface area contributed by atoms with Crippen LogP contribution in [0.1, 0.15) is 36.5 Å². The molecule has 4 rings (SSSR count). The van der Waals surface area contributed by atoms with Gasteiger partial charge < -0.3 is 19.3 Å². The summed E-state index contributed by atoms with van der Waals surface area (Å²) in [5.74, 6) is -0.348. The molecule has 1 amide bonds. The fourth-order valence-corrected chi connectivity index (χ4v) is 4.53. The van der Waals surface area contributed by atoms with Gasteiger partial charge >= 0.3 is 12.1 Å². The molecule has 1 aliphatic rings. The zero-order valence-electron chi connectivity index (χ0n) is 20.3. The minimum Gasteiger partial charge on any atom is -0.493 e. The molecule has 35 heavy (non-hydrogen) atoms. The molecule has 0 radical (unpaired) electrons. The number of carboxylic acid groups (broad SMARTS) is 1. The first-order valence-corrected chi connectivity index (χ1v) is 11.4. The highest BCUT2D eigenvalue weighted by molar-refractivity contribution is 5.84. The standard InChI is InChI=1S/C28H29NO6/c1-28(2,26(30)31)29(16-18-10-9-15-24(33-3)25(18)34-4)27(32)35-17-23-21-13-7-5-11-19(21)20-12-6-8-14-22(20)23/h5-15,23H,16-17H2,1-4H3,(H,30,31). The van der Waals surface area contributed by atoms with Gasteiger partial charge in [-0.2, -0.15) is 0 Å². The lowest BCUT2D eigenvalue weighted by Crippen LogP contribution is -2.52. The topological polar surface area (TPSA) is 85.3 Å². The van der Waals surface area contributed by atoms with Crippen LogP contribution in [0, 0.1) is 0 Å². The Hall–Kier alpha value is -4.00. The SMILES string of the molecule is COc1cccc(CN(C(=O)OCC2c3ccccc3-c3ccccc32)C(C)(C)C(=O)O)c1OC. The van der Waals surface area contributed by atoms with E-state index in [0.29, 0.717) is 17.1 Å². The number of carbonyl (C=O) groups excluding carboxylic acids is 1. The van der Waals surface area contributed by atoms with Crippen molar-refractivity contribution in [1.82, 2.24) is 4.90 Å². The van der Waals surface area contributed by atoms with E-state index in [2.05, 4.69) is 12.1 Å². The Kier molecular flexibility index (Phi) is 6.69. The van der Waals surface area contributed by atoms with Crippen molar-refractivity contribution in [2.75, 3.05) is 20.8 Å². The Morgan fingerprint density at radius 1 is 0.886 bits per heavy atom. The Morgan fingerprint density at radius 3 is 2.03 bits per heavy atom. The average molecular weight is 476 g/mol. The molecule has 0 bridgehead atoms. The molecule has 0 atom stereocenters. The van der Waals surface area contributed by atoms with Gasteiger partial charge in [-0.1, -0.05) is 60.7 Å². The van der Waals surface area contributed by atoms with Crippen LogP contribution in [-0.4, -0.2) is 48.4 Å². The van der Waals surface area contributed by atoms with E-state index in [0.717, 1.165) is 22.3 Å². The quantitative estimate of drug-likeness (QED) is 0.475. The minimum atomic E-state index is -1.53. The van der Waals surface area contributed by atoms with Gasteiger partial charge in [-0.15, -0.1) is 0 Å². The van der Waals surface area contributed by atoms with E-state index >= 15 is 0 Å². The molecule has 7 heteroatoms. The third kappa shape index (κ3) is 4.41. The van der Waals surface area contributed by atoms with Gasteiger partial charge in [-0.25, -0.2) is 9.59 Å². The first kappa shape index (κ1) is 24.1. The number of carboxylic acids is 1. The smallest absolute Gasteiger partial charge is 0.411 e. The number of methoxy groups -OCH3 is 2. The van der Waals surface area contributed by atoms with Gasteiger partial charge in [-0.3, -0.25) is 4.90 Å². The average Bonchev–Trinajstić information content (AvgIpc) is 3.19. The van der Waals surface area contributed by atoms with E-state index in [9.17, 15) is 14.7 Å². The van der Waals surface area contributed by atoms with Gasteiger partial charge in [0.1, 0.15) is 12.1 Å². The number of amides is 1. The third-order valence-corrected chi connectivity index (χ3v) is 6.57. The number of ether oxygens (including phenoxy) is 3. The Morgan fingerprint density at radius 2 is 1.49 bits per heavy atom. The molecule has 7 nitrogen and oxygen atoms in total. The van der Waals surface area contributed by atoms with Crippen LogP contribution in [0.5, 0.6) is 11.5 Å². The number of carbonyl (C=O) groups is 2. The van der Waals surface area contributed by atoms with Crippen molar-refractivity contribution < 1.29 is 28.9 Å². The summed E-state index contributed by atoms with van der Waals surface area (Å²) in [6.45, 7) is 3.01. The number of fused-ring (bicyclic) bond motifs is 3. The monoisotopic (exact) mass is 475 g/mol. The largest absolute Gasteiger partial charge is 0.493 e. The zero-order chi connectivity index (χ0) is 25.2. The predicted octanol–water partition coefficient (Wildman–Crippen LogP) is 5.32. The van der Waals surface area contributed by atoms with E-state index < -0.39 is 17.6 Å². The summed E-state index contributed by atoms with van der Waals surface area (Å²) in [7, 11) is 3.02. The second kappa shape index (κ2) is 9.70. The van der Waals surface area contributed by atoms with Crippen molar-refractivity contribution in [3.8, 4) is 22.6 Å². The maximum atomic E-state index is 13.4. The molecular formula is C28H29NO6. The zero-order valence-corrected chi connectivity index (χ0v) is 20.3. The number of rotatable bonds is 8. The van der Waals surface area contributed by atoms with E-state index in [1.165, 1.54) is 33.0 Å². The highest BCUT2D eigenvalue weighted by Crippen LogP contribution is 2.44. The Balaban J connectivity index is 1.62. The molecule has 0 aliphatic heterocycles. The van der Waals surface area contributed by atoms with Crippen molar-refractivity contribution >= 4 is 12.1 Å². The number of para-hydroxylation sites is 1. The van der Waals surface area contributed by atoms with Gasteiger partial charge in [0, 0.05) is 11.5 Å². The molecule has 0 saturated carbocycles. The van der Waals surface area contributed by atoms with Gasteiger partial charge in [0.25, 0.3) is 0 Å². The predicted molar refractivity (Wildman–Crippen MR) is 132 cm³/mol. The van der Waals surface area contributed by atoms with Crippen molar-refractivity contribution in [3.63, 3.8) is 0 Å². The number of aliphatic carboxylic acids is 1. The molecule has 0 unspecified atom stereocenters. The second-order valence-electron chi connectivity index (χ2n) is 8.91. The molecule has 3 aromatic rings. The number of hydrogen-bond acceptors (Lipinski definition) is 5. The summed E-state index contributed by atoms with van der Waals surface area (Å²) in [6, 6.07) is 21.4. The maximum Gasteiger partial charge on any atom is 0.411 e. The summed E-state index contributed by atoms with van der Waals surface area (Å²) in [5, 5.41) is 9.90. The van der Waals surface area contributed by atoms with Gasteiger partial charge in [0.2, 0.25) is 0 Å². The van der Waals surface area contributed by atoms with Gasteiger partial charge in [0.05, 0.1) is 20.8 Å². The number of benzene rings is 3. The molecule has 0 saturated heterocycles. The van der Waals surface area contributed by atoms with Crippen LogP contribution in [0.3, 0.4) is 0 Å². The van der Waals surface area contributed by atoms with Crippen LogP contribution in [-0.2, 0) is 16.1 Å². The van der Waals surface area contributed by atoms with E-state index in [4.69, 9.17) is 14.2 Å². The van der Waals surface area contributed by atoms with Crippen LogP contribution in [0.4, 0.5) is 4.79 Å².